The minimum atomic E-state index is -0.287. The lowest BCUT2D eigenvalue weighted by Gasteiger charge is -1.95. The van der Waals surface area contributed by atoms with Gasteiger partial charge in [0.25, 0.3) is 0 Å². The molecular weight excluding hydrogens is 146 g/mol. The first-order valence-electron chi connectivity index (χ1n) is 3.12. The summed E-state index contributed by atoms with van der Waals surface area (Å²) in [7, 11) is 0. The number of nitrogens with zero attached hydrogens (tertiary/aromatic N) is 1. The highest BCUT2D eigenvalue weighted by atomic mass is 16.3. The predicted octanol–water partition coefficient (Wildman–Crippen LogP) is -0.485. The molecule has 1 aromatic rings. The molecule has 1 aromatic heterocycles. The molecule has 60 valence electrons. The third kappa shape index (κ3) is 1.78. The molecule has 0 spiro atoms. The van der Waals surface area contributed by atoms with Gasteiger partial charge in [-0.2, -0.15) is 0 Å². The number of hydrogen-bond donors (Lipinski definition) is 2. The molecule has 0 aliphatic rings. The van der Waals surface area contributed by atoms with Crippen LogP contribution in [0.3, 0.4) is 0 Å². The van der Waals surface area contributed by atoms with Crippen molar-refractivity contribution in [3.63, 3.8) is 0 Å². The molecule has 0 saturated heterocycles. The number of hydrazine groups is 1. The van der Waals surface area contributed by atoms with Gasteiger partial charge in [-0.3, -0.25) is 10.2 Å². The summed E-state index contributed by atoms with van der Waals surface area (Å²) in [6.45, 7) is 1.77. The van der Waals surface area contributed by atoms with Crippen LogP contribution in [0.2, 0.25) is 0 Å². The number of carbonyl (C=O) groups excluding carboxylic acids is 1. The second kappa shape index (κ2) is 3.16. The second-order valence-electron chi connectivity index (χ2n) is 2.11. The fourth-order valence-corrected chi connectivity index (χ4v) is 0.693. The van der Waals surface area contributed by atoms with E-state index in [1.54, 1.807) is 6.92 Å². The number of amides is 1. The Morgan fingerprint density at radius 3 is 3.09 bits per heavy atom. The molecule has 0 aromatic carbocycles. The Balaban J connectivity index is 2.64. The highest BCUT2D eigenvalue weighted by Gasteiger charge is 2.07. The van der Waals surface area contributed by atoms with Crippen LogP contribution in [-0.4, -0.2) is 10.9 Å². The van der Waals surface area contributed by atoms with E-state index in [9.17, 15) is 4.79 Å². The van der Waals surface area contributed by atoms with Gasteiger partial charge in [-0.05, 0) is 6.92 Å². The number of oxazole rings is 1. The quantitative estimate of drug-likeness (QED) is 0.343. The largest absolute Gasteiger partial charge is 0.448 e. The van der Waals surface area contributed by atoms with E-state index in [1.807, 2.05) is 5.43 Å². The molecule has 5 heteroatoms. The van der Waals surface area contributed by atoms with Crippen molar-refractivity contribution in [3.05, 3.63) is 17.8 Å². The van der Waals surface area contributed by atoms with Crippen molar-refractivity contribution in [3.8, 4) is 0 Å². The molecule has 0 saturated carbocycles. The summed E-state index contributed by atoms with van der Waals surface area (Å²) in [5.41, 5.74) is 2.72. The van der Waals surface area contributed by atoms with Gasteiger partial charge >= 0.3 is 0 Å². The molecule has 0 radical (unpaired) electrons. The number of aryl methyl sites for hydroxylation is 1. The first kappa shape index (κ1) is 7.74. The van der Waals surface area contributed by atoms with Gasteiger partial charge < -0.3 is 4.42 Å². The Labute approximate surface area is 63.6 Å². The Morgan fingerprint density at radius 1 is 1.91 bits per heavy atom. The van der Waals surface area contributed by atoms with E-state index in [4.69, 9.17) is 10.3 Å². The van der Waals surface area contributed by atoms with Crippen LogP contribution in [-0.2, 0) is 11.2 Å². The van der Waals surface area contributed by atoms with E-state index in [0.717, 1.165) is 0 Å². The fourth-order valence-electron chi connectivity index (χ4n) is 0.693. The minimum Gasteiger partial charge on any atom is -0.448 e. The summed E-state index contributed by atoms with van der Waals surface area (Å²) >= 11 is 0. The molecule has 0 bridgehead atoms. The van der Waals surface area contributed by atoms with Crippen LogP contribution in [0.15, 0.2) is 10.8 Å². The third-order valence-electron chi connectivity index (χ3n) is 1.33. The van der Waals surface area contributed by atoms with Gasteiger partial charge in [0.1, 0.15) is 5.76 Å². The van der Waals surface area contributed by atoms with Crippen molar-refractivity contribution < 1.29 is 9.21 Å². The van der Waals surface area contributed by atoms with Gasteiger partial charge in [-0.25, -0.2) is 10.8 Å². The van der Waals surface area contributed by atoms with Crippen molar-refractivity contribution in [2.45, 2.75) is 13.3 Å². The summed E-state index contributed by atoms with van der Waals surface area (Å²) in [6.07, 6.45) is 1.44. The molecule has 3 N–H and O–H groups in total. The fraction of sp³-hybridized carbons (Fsp3) is 0.333. The number of aromatic nitrogens is 1. The van der Waals surface area contributed by atoms with Crippen LogP contribution in [0, 0.1) is 6.92 Å². The van der Waals surface area contributed by atoms with Crippen LogP contribution < -0.4 is 11.3 Å². The molecular formula is C6H9N3O2. The lowest BCUT2D eigenvalue weighted by Crippen LogP contribution is -2.31. The van der Waals surface area contributed by atoms with Crippen molar-refractivity contribution in [1.82, 2.24) is 10.4 Å². The molecule has 1 amide bonds. The number of nitrogens with one attached hydrogen (secondary N) is 1. The van der Waals surface area contributed by atoms with E-state index >= 15 is 0 Å². The van der Waals surface area contributed by atoms with Crippen LogP contribution in [0.1, 0.15) is 11.5 Å². The average Bonchev–Trinajstić information content (AvgIpc) is 2.37. The maximum Gasteiger partial charge on any atom is 0.241 e. The van der Waals surface area contributed by atoms with E-state index in [-0.39, 0.29) is 12.3 Å². The van der Waals surface area contributed by atoms with Crippen LogP contribution in [0.25, 0.3) is 0 Å². The second-order valence-corrected chi connectivity index (χ2v) is 2.11. The predicted molar refractivity (Wildman–Crippen MR) is 37.3 cm³/mol. The summed E-state index contributed by atoms with van der Waals surface area (Å²) in [4.78, 5) is 14.5. The van der Waals surface area contributed by atoms with Gasteiger partial charge in [0, 0.05) is 0 Å². The zero-order valence-electron chi connectivity index (χ0n) is 6.13. The topological polar surface area (TPSA) is 81.2 Å². The number of carbonyl (C=O) groups is 1. The molecule has 0 aliphatic heterocycles. The first-order chi connectivity index (χ1) is 5.24. The summed E-state index contributed by atoms with van der Waals surface area (Å²) < 4.78 is 4.91. The van der Waals surface area contributed by atoms with Crippen LogP contribution in [0.4, 0.5) is 0 Å². The van der Waals surface area contributed by atoms with Gasteiger partial charge in [-0.15, -0.1) is 0 Å². The van der Waals surface area contributed by atoms with Gasteiger partial charge in [0.15, 0.2) is 6.39 Å². The third-order valence-corrected chi connectivity index (χ3v) is 1.33. The monoisotopic (exact) mass is 155 g/mol. The Hall–Kier alpha value is -1.36. The van der Waals surface area contributed by atoms with Gasteiger partial charge in [-0.1, -0.05) is 0 Å². The Bertz CT molecular complexity index is 256. The highest BCUT2D eigenvalue weighted by molar-refractivity contribution is 5.77. The van der Waals surface area contributed by atoms with Gasteiger partial charge in [0.05, 0.1) is 12.1 Å². The molecule has 1 rings (SSSR count). The molecule has 11 heavy (non-hydrogen) atoms. The zero-order valence-corrected chi connectivity index (χ0v) is 6.13. The van der Waals surface area contributed by atoms with E-state index in [0.29, 0.717) is 11.5 Å². The van der Waals surface area contributed by atoms with Crippen LogP contribution in [0.5, 0.6) is 0 Å². The lowest BCUT2D eigenvalue weighted by molar-refractivity contribution is -0.120. The minimum absolute atomic E-state index is 0.141. The van der Waals surface area contributed by atoms with E-state index < -0.39 is 0 Å². The molecule has 0 atom stereocenters. The molecule has 0 fully saturated rings. The molecule has 0 unspecified atom stereocenters. The molecule has 1 heterocycles. The standard InChI is InChI=1S/C6H9N3O2/c1-4-5(11-3-8-4)2-6(10)9-7/h3H,2,7H2,1H3,(H,9,10). The van der Waals surface area contributed by atoms with Crippen molar-refractivity contribution in [2.75, 3.05) is 0 Å². The van der Waals surface area contributed by atoms with E-state index in [1.165, 1.54) is 6.39 Å². The summed E-state index contributed by atoms with van der Waals surface area (Å²) in [5.74, 6) is 5.14. The smallest absolute Gasteiger partial charge is 0.241 e. The van der Waals surface area contributed by atoms with Crippen molar-refractivity contribution in [2.24, 2.45) is 5.84 Å². The summed E-state index contributed by atoms with van der Waals surface area (Å²) in [5, 5.41) is 0. The molecule has 5 nitrogen and oxygen atoms in total. The molecule has 0 aliphatic carbocycles. The SMILES string of the molecule is Cc1ncoc1CC(=O)NN. The van der Waals surface area contributed by atoms with E-state index in [2.05, 4.69) is 4.98 Å². The first-order valence-corrected chi connectivity index (χ1v) is 3.12. The Morgan fingerprint density at radius 2 is 2.64 bits per heavy atom. The van der Waals surface area contributed by atoms with Crippen molar-refractivity contribution >= 4 is 5.91 Å². The zero-order chi connectivity index (χ0) is 8.27. The highest BCUT2D eigenvalue weighted by Crippen LogP contribution is 2.04. The number of rotatable bonds is 2. The van der Waals surface area contributed by atoms with Crippen LogP contribution >= 0.6 is 0 Å². The normalized spacial score (nSPS) is 9.64. The van der Waals surface area contributed by atoms with Crippen molar-refractivity contribution in [1.29, 1.82) is 0 Å². The Kier molecular flexibility index (Phi) is 2.22. The summed E-state index contributed by atoms with van der Waals surface area (Å²) in [6, 6.07) is 0. The maximum absolute atomic E-state index is 10.7. The maximum atomic E-state index is 10.7. The number of hydrogen-bond acceptors (Lipinski definition) is 4. The average molecular weight is 155 g/mol. The lowest BCUT2D eigenvalue weighted by atomic mass is 10.3. The number of nitrogens with two attached hydrogens (primary N) is 1. The van der Waals surface area contributed by atoms with Gasteiger partial charge in [0.2, 0.25) is 5.91 Å².